The first-order chi connectivity index (χ1) is 8.67. The summed E-state index contributed by atoms with van der Waals surface area (Å²) in [5.74, 6) is 0. The fourth-order valence-electron chi connectivity index (χ4n) is 1.63. The Bertz CT molecular complexity index is 665. The second-order valence-electron chi connectivity index (χ2n) is 3.72. The third-order valence-electron chi connectivity index (χ3n) is 2.57. The van der Waals surface area contributed by atoms with Gasteiger partial charge in [-0.1, -0.05) is 12.1 Å². The first-order valence-electron chi connectivity index (χ1n) is 5.50. The molecule has 2 aromatic rings. The molecule has 0 aliphatic rings. The van der Waals surface area contributed by atoms with E-state index in [1.807, 2.05) is 26.0 Å². The molecule has 18 heavy (non-hydrogen) atoms. The largest absolute Gasteiger partial charge is 0.343 e. The van der Waals surface area contributed by atoms with Gasteiger partial charge in [0, 0.05) is 11.4 Å². The zero-order valence-electron chi connectivity index (χ0n) is 10.1. The Morgan fingerprint density at radius 3 is 3.00 bits per heavy atom. The topological polar surface area (TPSA) is 74.5 Å². The second-order valence-corrected chi connectivity index (χ2v) is 4.70. The van der Waals surface area contributed by atoms with E-state index in [9.17, 15) is 4.79 Å². The van der Waals surface area contributed by atoms with Gasteiger partial charge in [-0.3, -0.25) is 4.57 Å². The van der Waals surface area contributed by atoms with Crippen LogP contribution < -0.4 is 5.69 Å². The van der Waals surface area contributed by atoms with Gasteiger partial charge in [0.1, 0.15) is 6.07 Å². The molecular formula is C12H12N4OS. The summed E-state index contributed by atoms with van der Waals surface area (Å²) < 4.78 is 1.54. The molecule has 0 fully saturated rings. The van der Waals surface area contributed by atoms with Crippen LogP contribution in [-0.2, 0) is 6.54 Å². The Labute approximate surface area is 108 Å². The SMILES string of the molecule is CCn1c(Sc2c(C)cccc2C#N)n[nH]c1=O. The summed E-state index contributed by atoms with van der Waals surface area (Å²) in [7, 11) is 0. The minimum Gasteiger partial charge on any atom is -0.270 e. The molecule has 0 aliphatic carbocycles. The van der Waals surface area contributed by atoms with Crippen molar-refractivity contribution in [1.29, 1.82) is 5.26 Å². The van der Waals surface area contributed by atoms with Crippen LogP contribution in [0.25, 0.3) is 0 Å². The van der Waals surface area contributed by atoms with Gasteiger partial charge >= 0.3 is 5.69 Å². The van der Waals surface area contributed by atoms with Gasteiger partial charge in [0.25, 0.3) is 0 Å². The minimum absolute atomic E-state index is 0.230. The molecule has 0 spiro atoms. The van der Waals surface area contributed by atoms with Crippen LogP contribution in [0.15, 0.2) is 33.0 Å². The zero-order valence-corrected chi connectivity index (χ0v) is 10.9. The lowest BCUT2D eigenvalue weighted by molar-refractivity contribution is 0.660. The lowest BCUT2D eigenvalue weighted by Crippen LogP contribution is -2.16. The standard InChI is InChI=1S/C12H12N4OS/c1-3-16-11(17)14-15-12(16)18-10-8(2)5-4-6-9(10)7-13/h4-6H,3H2,1-2H3,(H,14,17). The number of benzene rings is 1. The number of rotatable bonds is 3. The Hall–Kier alpha value is -2.00. The maximum atomic E-state index is 11.5. The van der Waals surface area contributed by atoms with Gasteiger partial charge in [-0.05, 0) is 37.2 Å². The molecule has 0 atom stereocenters. The lowest BCUT2D eigenvalue weighted by atomic mass is 10.1. The summed E-state index contributed by atoms with van der Waals surface area (Å²) in [5.41, 5.74) is 1.36. The van der Waals surface area contributed by atoms with Crippen LogP contribution in [0.1, 0.15) is 18.1 Å². The molecule has 0 unspecified atom stereocenters. The Kier molecular flexibility index (Phi) is 3.53. The normalized spacial score (nSPS) is 10.3. The number of aryl methyl sites for hydroxylation is 1. The van der Waals surface area contributed by atoms with Crippen LogP contribution in [0.3, 0.4) is 0 Å². The minimum atomic E-state index is -0.230. The first kappa shape index (κ1) is 12.5. The average molecular weight is 260 g/mol. The fraction of sp³-hybridized carbons (Fsp3) is 0.250. The Morgan fingerprint density at radius 1 is 1.56 bits per heavy atom. The number of aromatic nitrogens is 3. The molecule has 2 rings (SSSR count). The van der Waals surface area contributed by atoms with Gasteiger partial charge in [-0.2, -0.15) is 5.26 Å². The summed E-state index contributed by atoms with van der Waals surface area (Å²) in [6.45, 7) is 4.36. The summed E-state index contributed by atoms with van der Waals surface area (Å²) in [4.78, 5) is 12.3. The van der Waals surface area contributed by atoms with E-state index in [4.69, 9.17) is 5.26 Å². The maximum absolute atomic E-state index is 11.5. The van der Waals surface area contributed by atoms with Crippen molar-refractivity contribution >= 4 is 11.8 Å². The van der Waals surface area contributed by atoms with E-state index in [0.717, 1.165) is 10.5 Å². The van der Waals surface area contributed by atoms with Crippen LogP contribution in [0, 0.1) is 18.3 Å². The number of nitriles is 1. The second kappa shape index (κ2) is 5.10. The summed E-state index contributed by atoms with van der Waals surface area (Å²) >= 11 is 1.34. The highest BCUT2D eigenvalue weighted by Gasteiger charge is 2.12. The van der Waals surface area contributed by atoms with E-state index >= 15 is 0 Å². The molecular weight excluding hydrogens is 248 g/mol. The predicted octanol–water partition coefficient (Wildman–Crippen LogP) is 1.92. The van der Waals surface area contributed by atoms with Crippen LogP contribution in [0.2, 0.25) is 0 Å². The van der Waals surface area contributed by atoms with Crippen LogP contribution in [-0.4, -0.2) is 14.8 Å². The highest BCUT2D eigenvalue weighted by molar-refractivity contribution is 7.99. The van der Waals surface area contributed by atoms with E-state index < -0.39 is 0 Å². The number of nitrogens with zero attached hydrogens (tertiary/aromatic N) is 3. The maximum Gasteiger partial charge on any atom is 0.343 e. The molecule has 0 saturated carbocycles. The number of H-pyrrole nitrogens is 1. The van der Waals surface area contributed by atoms with Gasteiger partial charge in [0.15, 0.2) is 5.16 Å². The lowest BCUT2D eigenvalue weighted by Gasteiger charge is -2.07. The van der Waals surface area contributed by atoms with Crippen molar-refractivity contribution in [2.75, 3.05) is 0 Å². The molecule has 0 radical (unpaired) electrons. The number of aromatic amines is 1. The van der Waals surface area contributed by atoms with Crippen molar-refractivity contribution in [3.8, 4) is 6.07 Å². The van der Waals surface area contributed by atoms with E-state index in [0.29, 0.717) is 17.3 Å². The molecule has 1 N–H and O–H groups in total. The smallest absolute Gasteiger partial charge is 0.270 e. The highest BCUT2D eigenvalue weighted by Crippen LogP contribution is 2.30. The first-order valence-corrected chi connectivity index (χ1v) is 6.31. The van der Waals surface area contributed by atoms with E-state index in [1.54, 1.807) is 6.07 Å². The van der Waals surface area contributed by atoms with E-state index in [-0.39, 0.29) is 5.69 Å². The van der Waals surface area contributed by atoms with Crippen molar-refractivity contribution in [3.63, 3.8) is 0 Å². The van der Waals surface area contributed by atoms with Crippen molar-refractivity contribution in [1.82, 2.24) is 14.8 Å². The van der Waals surface area contributed by atoms with Gasteiger partial charge in [0.05, 0.1) is 5.56 Å². The van der Waals surface area contributed by atoms with Crippen LogP contribution in [0.5, 0.6) is 0 Å². The van der Waals surface area contributed by atoms with Gasteiger partial charge in [0.2, 0.25) is 0 Å². The molecule has 6 heteroatoms. The number of hydrogen-bond acceptors (Lipinski definition) is 4. The van der Waals surface area contributed by atoms with E-state index in [2.05, 4.69) is 16.3 Å². The third-order valence-corrected chi connectivity index (χ3v) is 3.81. The molecule has 1 aromatic carbocycles. The fourth-order valence-corrected chi connectivity index (χ4v) is 2.68. The van der Waals surface area contributed by atoms with Gasteiger partial charge < -0.3 is 0 Å². The van der Waals surface area contributed by atoms with Crippen molar-refractivity contribution in [3.05, 3.63) is 39.8 Å². The predicted molar refractivity (Wildman–Crippen MR) is 68.5 cm³/mol. The molecule has 5 nitrogen and oxygen atoms in total. The highest BCUT2D eigenvalue weighted by atomic mass is 32.2. The Morgan fingerprint density at radius 2 is 2.33 bits per heavy atom. The molecule has 0 amide bonds. The Balaban J connectivity index is 2.47. The van der Waals surface area contributed by atoms with Gasteiger partial charge in [-0.15, -0.1) is 5.10 Å². The molecule has 1 heterocycles. The molecule has 1 aromatic heterocycles. The van der Waals surface area contributed by atoms with E-state index in [1.165, 1.54) is 16.3 Å². The molecule has 0 saturated heterocycles. The molecule has 92 valence electrons. The monoisotopic (exact) mass is 260 g/mol. The van der Waals surface area contributed by atoms with Crippen LogP contribution >= 0.6 is 11.8 Å². The van der Waals surface area contributed by atoms with Crippen molar-refractivity contribution in [2.45, 2.75) is 30.4 Å². The molecule has 0 aliphatic heterocycles. The summed E-state index contributed by atoms with van der Waals surface area (Å²) in [6.07, 6.45) is 0. The quantitative estimate of drug-likeness (QED) is 0.915. The van der Waals surface area contributed by atoms with Gasteiger partial charge in [-0.25, -0.2) is 9.89 Å². The third kappa shape index (κ3) is 2.17. The number of nitrogens with one attached hydrogen (secondary N) is 1. The zero-order chi connectivity index (χ0) is 13.1. The number of hydrogen-bond donors (Lipinski definition) is 1. The van der Waals surface area contributed by atoms with Crippen molar-refractivity contribution < 1.29 is 0 Å². The average Bonchev–Trinajstić information content (AvgIpc) is 2.72. The summed E-state index contributed by atoms with van der Waals surface area (Å²) in [6, 6.07) is 7.69. The molecule has 0 bridgehead atoms. The van der Waals surface area contributed by atoms with Crippen LogP contribution in [0.4, 0.5) is 0 Å². The summed E-state index contributed by atoms with van der Waals surface area (Å²) in [5, 5.41) is 16.1. The van der Waals surface area contributed by atoms with Crippen molar-refractivity contribution in [2.24, 2.45) is 0 Å².